The lowest BCUT2D eigenvalue weighted by Crippen LogP contribution is -2.29. The van der Waals surface area contributed by atoms with Crippen LogP contribution in [0.25, 0.3) is 16.0 Å². The Kier molecular flexibility index (Phi) is 5.63. The molecule has 1 fully saturated rings. The highest BCUT2D eigenvalue weighted by Gasteiger charge is 2.48. The van der Waals surface area contributed by atoms with Crippen LogP contribution in [-0.2, 0) is 16.0 Å². The number of thiazole rings is 1. The summed E-state index contributed by atoms with van der Waals surface area (Å²) >= 11 is 1.35. The smallest absolute Gasteiger partial charge is 0.301 e. The Balaban J connectivity index is 1.73. The van der Waals surface area contributed by atoms with Crippen LogP contribution in [0.2, 0.25) is 0 Å². The summed E-state index contributed by atoms with van der Waals surface area (Å²) < 4.78 is 6.32. The Morgan fingerprint density at radius 1 is 1.06 bits per heavy atom. The fraction of sp³-hybridized carbons (Fsp3) is 0.148. The fourth-order valence-corrected chi connectivity index (χ4v) is 5.24. The first-order valence-electron chi connectivity index (χ1n) is 10.9. The van der Waals surface area contributed by atoms with Crippen molar-refractivity contribution in [3.05, 3.63) is 95.1 Å². The van der Waals surface area contributed by atoms with Gasteiger partial charge in [0.25, 0.3) is 5.78 Å². The minimum Gasteiger partial charge on any atom is -0.507 e. The number of aromatic nitrogens is 1. The largest absolute Gasteiger partial charge is 0.507 e. The molecule has 5 rings (SSSR count). The molecule has 0 radical (unpaired) electrons. The molecule has 0 aliphatic carbocycles. The number of aryl methyl sites for hydroxylation is 1. The van der Waals surface area contributed by atoms with Gasteiger partial charge in [-0.1, -0.05) is 66.8 Å². The highest BCUT2D eigenvalue weighted by molar-refractivity contribution is 7.22. The number of carbonyl (C=O) groups is 2. The molecule has 170 valence electrons. The number of hydrogen-bond donors (Lipinski definition) is 1. The molecule has 1 amide bonds. The Bertz CT molecular complexity index is 1440. The average Bonchev–Trinajstić information content (AvgIpc) is 3.41. The lowest BCUT2D eigenvalue weighted by atomic mass is 9.95. The van der Waals surface area contributed by atoms with Crippen molar-refractivity contribution in [3.63, 3.8) is 0 Å². The number of amides is 1. The molecule has 1 N–H and O–H groups in total. The zero-order chi connectivity index (χ0) is 23.8. The number of hydrogen-bond acceptors (Lipinski definition) is 6. The van der Waals surface area contributed by atoms with Crippen molar-refractivity contribution in [1.29, 1.82) is 0 Å². The van der Waals surface area contributed by atoms with Gasteiger partial charge in [0.15, 0.2) is 5.13 Å². The molecule has 4 aromatic rings. The van der Waals surface area contributed by atoms with Crippen molar-refractivity contribution in [2.45, 2.75) is 19.4 Å². The molecule has 0 bridgehead atoms. The third kappa shape index (κ3) is 3.64. The van der Waals surface area contributed by atoms with Crippen molar-refractivity contribution >= 4 is 44.1 Å². The molecule has 7 heteroatoms. The number of benzene rings is 3. The number of fused-ring (bicyclic) bond motifs is 1. The lowest BCUT2D eigenvalue weighted by molar-refractivity contribution is -0.132. The minimum absolute atomic E-state index is 0.0259. The first-order valence-corrected chi connectivity index (χ1v) is 11.7. The third-order valence-corrected chi connectivity index (χ3v) is 6.97. The van der Waals surface area contributed by atoms with Gasteiger partial charge in [0.05, 0.1) is 28.9 Å². The van der Waals surface area contributed by atoms with E-state index in [-0.39, 0.29) is 11.3 Å². The Labute approximate surface area is 200 Å². The van der Waals surface area contributed by atoms with Crippen LogP contribution in [0.4, 0.5) is 5.13 Å². The Morgan fingerprint density at radius 2 is 1.85 bits per heavy atom. The lowest BCUT2D eigenvalue weighted by Gasteiger charge is -2.23. The molecule has 1 aliphatic heterocycles. The average molecular weight is 471 g/mol. The number of rotatable bonds is 5. The predicted molar refractivity (Wildman–Crippen MR) is 133 cm³/mol. The molecule has 34 heavy (non-hydrogen) atoms. The van der Waals surface area contributed by atoms with E-state index in [2.05, 4.69) is 18.0 Å². The van der Waals surface area contributed by atoms with Crippen LogP contribution in [0.1, 0.15) is 29.7 Å². The molecule has 3 aromatic carbocycles. The van der Waals surface area contributed by atoms with Crippen LogP contribution in [0, 0.1) is 0 Å². The number of ketones is 1. The van der Waals surface area contributed by atoms with Crippen LogP contribution in [0.15, 0.2) is 78.4 Å². The summed E-state index contributed by atoms with van der Waals surface area (Å²) in [5, 5.41) is 11.6. The van der Waals surface area contributed by atoms with E-state index in [0.29, 0.717) is 22.0 Å². The standard InChI is InChI=1S/C27H22N2O4S/c1-3-16-12-13-20-21(14-16)34-27(28-20)29-23(18-10-7-11-19(15-18)33-2)22(25(31)26(29)32)24(30)17-8-5-4-6-9-17/h4-15,23,30H,3H2,1-2H3. The molecule has 1 aliphatic rings. The molecule has 1 unspecified atom stereocenters. The summed E-state index contributed by atoms with van der Waals surface area (Å²) in [6.45, 7) is 2.08. The van der Waals surface area contributed by atoms with Crippen molar-refractivity contribution in [2.75, 3.05) is 12.0 Å². The van der Waals surface area contributed by atoms with E-state index in [9.17, 15) is 14.7 Å². The first kappa shape index (κ1) is 21.9. The second kappa shape index (κ2) is 8.76. The van der Waals surface area contributed by atoms with E-state index in [1.54, 1.807) is 49.6 Å². The Morgan fingerprint density at radius 3 is 2.59 bits per heavy atom. The summed E-state index contributed by atoms with van der Waals surface area (Å²) in [5.41, 5.74) is 3.05. The van der Waals surface area contributed by atoms with Crippen molar-refractivity contribution < 1.29 is 19.4 Å². The maximum atomic E-state index is 13.4. The number of ether oxygens (including phenoxy) is 1. The summed E-state index contributed by atoms with van der Waals surface area (Å²) in [7, 11) is 1.55. The van der Waals surface area contributed by atoms with Gasteiger partial charge >= 0.3 is 5.91 Å². The van der Waals surface area contributed by atoms with Gasteiger partial charge in [-0.25, -0.2) is 4.98 Å². The maximum absolute atomic E-state index is 13.4. The Hall–Kier alpha value is -3.97. The molecule has 1 aromatic heterocycles. The number of aliphatic hydroxyl groups is 1. The van der Waals surface area contributed by atoms with Crippen LogP contribution in [0.3, 0.4) is 0 Å². The summed E-state index contributed by atoms with van der Waals surface area (Å²) in [6, 6.07) is 21.1. The molecule has 0 saturated carbocycles. The van der Waals surface area contributed by atoms with Crippen LogP contribution in [-0.4, -0.2) is 28.9 Å². The van der Waals surface area contributed by atoms with Gasteiger partial charge in [-0.05, 0) is 41.8 Å². The SMILES string of the molecule is CCc1ccc2nc(N3C(=O)C(=O)C(=C(O)c4ccccc4)C3c3cccc(OC)c3)sc2c1. The van der Waals surface area contributed by atoms with Gasteiger partial charge in [0.2, 0.25) is 0 Å². The van der Waals surface area contributed by atoms with Gasteiger partial charge in [-0.2, -0.15) is 0 Å². The van der Waals surface area contributed by atoms with Crippen LogP contribution < -0.4 is 9.64 Å². The molecule has 1 saturated heterocycles. The number of anilines is 1. The zero-order valence-electron chi connectivity index (χ0n) is 18.7. The number of aliphatic hydroxyl groups excluding tert-OH is 1. The van der Waals surface area contributed by atoms with E-state index in [1.807, 2.05) is 24.3 Å². The molecule has 2 heterocycles. The highest BCUT2D eigenvalue weighted by atomic mass is 32.1. The monoisotopic (exact) mass is 470 g/mol. The van der Waals surface area contributed by atoms with Gasteiger partial charge in [0, 0.05) is 5.56 Å². The van der Waals surface area contributed by atoms with Gasteiger partial charge in [-0.15, -0.1) is 0 Å². The number of methoxy groups -OCH3 is 1. The summed E-state index contributed by atoms with van der Waals surface area (Å²) in [6.07, 6.45) is 0.884. The van der Waals surface area contributed by atoms with Crippen LogP contribution in [0.5, 0.6) is 5.75 Å². The number of Topliss-reactive ketones (excluding diaryl/α,β-unsaturated/α-hetero) is 1. The van der Waals surface area contributed by atoms with Crippen LogP contribution >= 0.6 is 11.3 Å². The number of carbonyl (C=O) groups excluding carboxylic acids is 2. The second-order valence-corrected chi connectivity index (χ2v) is 8.97. The topological polar surface area (TPSA) is 79.7 Å². The molecular weight excluding hydrogens is 448 g/mol. The van der Waals surface area contributed by atoms with Crippen molar-refractivity contribution in [3.8, 4) is 5.75 Å². The zero-order valence-corrected chi connectivity index (χ0v) is 19.5. The predicted octanol–water partition coefficient (Wildman–Crippen LogP) is 5.49. The fourth-order valence-electron chi connectivity index (χ4n) is 4.19. The van der Waals surface area contributed by atoms with Crippen molar-refractivity contribution in [2.24, 2.45) is 0 Å². The molecule has 1 atom stereocenters. The van der Waals surface area contributed by atoms with Gasteiger partial charge < -0.3 is 9.84 Å². The number of nitrogens with zero attached hydrogens (tertiary/aromatic N) is 2. The normalized spacial score (nSPS) is 17.5. The van der Waals surface area contributed by atoms with E-state index in [4.69, 9.17) is 4.74 Å². The van der Waals surface area contributed by atoms with E-state index in [1.165, 1.54) is 16.2 Å². The van der Waals surface area contributed by atoms with E-state index in [0.717, 1.165) is 22.2 Å². The second-order valence-electron chi connectivity index (χ2n) is 7.96. The molecule has 0 spiro atoms. The molecule has 6 nitrogen and oxygen atoms in total. The first-order chi connectivity index (χ1) is 16.5. The van der Waals surface area contributed by atoms with Crippen molar-refractivity contribution in [1.82, 2.24) is 4.98 Å². The van der Waals surface area contributed by atoms with Gasteiger partial charge in [0.1, 0.15) is 11.5 Å². The minimum atomic E-state index is -0.846. The summed E-state index contributed by atoms with van der Waals surface area (Å²) in [5.74, 6) is -1.11. The maximum Gasteiger partial charge on any atom is 0.301 e. The third-order valence-electron chi connectivity index (χ3n) is 5.96. The van der Waals surface area contributed by atoms with Gasteiger partial charge in [-0.3, -0.25) is 14.5 Å². The highest BCUT2D eigenvalue weighted by Crippen LogP contribution is 2.44. The van der Waals surface area contributed by atoms with E-state index >= 15 is 0 Å². The van der Waals surface area contributed by atoms with E-state index < -0.39 is 17.7 Å². The quantitative estimate of drug-likeness (QED) is 0.237. The summed E-state index contributed by atoms with van der Waals surface area (Å²) in [4.78, 5) is 32.7. The molecular formula is C27H22N2O4S.